The van der Waals surface area contributed by atoms with Gasteiger partial charge in [0.1, 0.15) is 16.9 Å². The van der Waals surface area contributed by atoms with Gasteiger partial charge in [0.05, 0.1) is 6.20 Å². The highest BCUT2D eigenvalue weighted by molar-refractivity contribution is 6.32. The zero-order chi connectivity index (χ0) is 16.6. The van der Waals surface area contributed by atoms with E-state index in [0.29, 0.717) is 24.2 Å². The van der Waals surface area contributed by atoms with Crippen LogP contribution in [-0.2, 0) is 4.74 Å². The number of likely N-dealkylation sites (tertiary alicyclic amines) is 1. The second-order valence-electron chi connectivity index (χ2n) is 6.83. The van der Waals surface area contributed by atoms with E-state index >= 15 is 0 Å². The molecule has 23 heavy (non-hydrogen) atoms. The van der Waals surface area contributed by atoms with Crippen LogP contribution >= 0.6 is 11.6 Å². The molecule has 3 heterocycles. The molecule has 0 N–H and O–H groups in total. The van der Waals surface area contributed by atoms with Crippen molar-refractivity contribution in [3.8, 4) is 0 Å². The molecule has 1 saturated heterocycles. The third-order valence-corrected chi connectivity index (χ3v) is 4.24. The topological polar surface area (TPSA) is 59.7 Å². The summed E-state index contributed by atoms with van der Waals surface area (Å²) in [6.07, 6.45) is 6.79. The van der Waals surface area contributed by atoms with Gasteiger partial charge in [-0.1, -0.05) is 11.6 Å². The Morgan fingerprint density at radius 3 is 2.65 bits per heavy atom. The molecule has 1 aliphatic rings. The molecule has 0 saturated carbocycles. The van der Waals surface area contributed by atoms with Gasteiger partial charge in [-0.2, -0.15) is 0 Å². The molecule has 6 nitrogen and oxygen atoms in total. The van der Waals surface area contributed by atoms with E-state index in [9.17, 15) is 4.79 Å². The van der Waals surface area contributed by atoms with E-state index in [0.717, 1.165) is 24.2 Å². The molecule has 7 heteroatoms. The van der Waals surface area contributed by atoms with E-state index in [-0.39, 0.29) is 6.09 Å². The van der Waals surface area contributed by atoms with Crippen LogP contribution in [0.25, 0.3) is 5.52 Å². The summed E-state index contributed by atoms with van der Waals surface area (Å²) in [5, 5.41) is 0.456. The molecular weight excluding hydrogens is 316 g/mol. The van der Waals surface area contributed by atoms with E-state index in [2.05, 4.69) is 9.97 Å². The summed E-state index contributed by atoms with van der Waals surface area (Å²) in [6, 6.07) is 0. The van der Waals surface area contributed by atoms with Crippen LogP contribution in [0.3, 0.4) is 0 Å². The van der Waals surface area contributed by atoms with Crippen molar-refractivity contribution in [2.75, 3.05) is 13.1 Å². The Hall–Kier alpha value is -1.82. The summed E-state index contributed by atoms with van der Waals surface area (Å²) < 4.78 is 7.42. The predicted octanol–water partition coefficient (Wildman–Crippen LogP) is 3.50. The standard InChI is InChI=1S/C16H21ClN4O2/c1-16(2,3)23-15(22)20-7-4-11(5-8-20)14-19-10-12-13(17)18-6-9-21(12)14/h6,9-11H,4-5,7-8H2,1-3H3. The summed E-state index contributed by atoms with van der Waals surface area (Å²) in [4.78, 5) is 22.5. The number of hydrogen-bond acceptors (Lipinski definition) is 4. The first-order valence-electron chi connectivity index (χ1n) is 7.80. The van der Waals surface area contributed by atoms with Crippen molar-refractivity contribution in [2.24, 2.45) is 0 Å². The van der Waals surface area contributed by atoms with Crippen molar-refractivity contribution >= 4 is 23.2 Å². The number of carbonyl (C=O) groups excluding carboxylic acids is 1. The van der Waals surface area contributed by atoms with Gasteiger partial charge in [-0.15, -0.1) is 0 Å². The smallest absolute Gasteiger partial charge is 0.410 e. The van der Waals surface area contributed by atoms with Gasteiger partial charge in [0.25, 0.3) is 0 Å². The van der Waals surface area contributed by atoms with Gasteiger partial charge in [-0.3, -0.25) is 4.40 Å². The number of imidazole rings is 1. The molecular formula is C16H21ClN4O2. The van der Waals surface area contributed by atoms with Crippen LogP contribution in [0.5, 0.6) is 0 Å². The number of aromatic nitrogens is 3. The maximum atomic E-state index is 12.1. The van der Waals surface area contributed by atoms with Gasteiger partial charge in [0.2, 0.25) is 0 Å². The number of hydrogen-bond donors (Lipinski definition) is 0. The maximum Gasteiger partial charge on any atom is 0.410 e. The molecule has 2 aromatic heterocycles. The Labute approximate surface area is 140 Å². The van der Waals surface area contributed by atoms with Crippen molar-refractivity contribution in [1.82, 2.24) is 19.3 Å². The van der Waals surface area contributed by atoms with Crippen LogP contribution in [0.1, 0.15) is 45.4 Å². The largest absolute Gasteiger partial charge is 0.444 e. The van der Waals surface area contributed by atoms with Crippen LogP contribution < -0.4 is 0 Å². The molecule has 0 aliphatic carbocycles. The van der Waals surface area contributed by atoms with Gasteiger partial charge in [0, 0.05) is 31.4 Å². The summed E-state index contributed by atoms with van der Waals surface area (Å²) >= 11 is 6.09. The van der Waals surface area contributed by atoms with Gasteiger partial charge in [-0.25, -0.2) is 14.8 Å². The van der Waals surface area contributed by atoms with Crippen LogP contribution in [0.2, 0.25) is 5.15 Å². The first kappa shape index (κ1) is 16.1. The molecule has 0 radical (unpaired) electrons. The lowest BCUT2D eigenvalue weighted by atomic mass is 9.96. The highest BCUT2D eigenvalue weighted by Crippen LogP contribution is 2.29. The lowest BCUT2D eigenvalue weighted by Gasteiger charge is -2.33. The number of rotatable bonds is 1. The lowest BCUT2D eigenvalue weighted by Crippen LogP contribution is -2.41. The van der Waals surface area contributed by atoms with E-state index < -0.39 is 5.60 Å². The molecule has 0 atom stereocenters. The van der Waals surface area contributed by atoms with Crippen LogP contribution in [0.15, 0.2) is 18.6 Å². The van der Waals surface area contributed by atoms with Crippen molar-refractivity contribution in [3.05, 3.63) is 29.6 Å². The molecule has 3 rings (SSSR count). The van der Waals surface area contributed by atoms with Crippen molar-refractivity contribution in [1.29, 1.82) is 0 Å². The lowest BCUT2D eigenvalue weighted by molar-refractivity contribution is 0.0203. The first-order valence-corrected chi connectivity index (χ1v) is 8.18. The van der Waals surface area contributed by atoms with Crippen molar-refractivity contribution in [3.63, 3.8) is 0 Å². The minimum atomic E-state index is -0.461. The molecule has 1 amide bonds. The first-order chi connectivity index (χ1) is 10.8. The minimum Gasteiger partial charge on any atom is -0.444 e. The van der Waals surface area contributed by atoms with Gasteiger partial charge in [0.15, 0.2) is 5.15 Å². The van der Waals surface area contributed by atoms with E-state index in [1.807, 2.05) is 31.4 Å². The van der Waals surface area contributed by atoms with Crippen LogP contribution in [-0.4, -0.2) is 44.1 Å². The Kier molecular flexibility index (Phi) is 4.19. The van der Waals surface area contributed by atoms with E-state index in [4.69, 9.17) is 16.3 Å². The highest BCUT2D eigenvalue weighted by atomic mass is 35.5. The third-order valence-electron chi connectivity index (χ3n) is 3.95. The highest BCUT2D eigenvalue weighted by Gasteiger charge is 2.29. The summed E-state index contributed by atoms with van der Waals surface area (Å²) in [5.41, 5.74) is 0.357. The van der Waals surface area contributed by atoms with E-state index in [1.165, 1.54) is 0 Å². The fraction of sp³-hybridized carbons (Fsp3) is 0.562. The molecule has 1 aliphatic heterocycles. The zero-order valence-corrected chi connectivity index (χ0v) is 14.4. The SMILES string of the molecule is CC(C)(C)OC(=O)N1CCC(c2ncc3c(Cl)nccn23)CC1. The third kappa shape index (κ3) is 3.42. The van der Waals surface area contributed by atoms with Crippen molar-refractivity contribution < 1.29 is 9.53 Å². The average molecular weight is 337 g/mol. The molecule has 0 aromatic carbocycles. The van der Waals surface area contributed by atoms with Crippen molar-refractivity contribution in [2.45, 2.75) is 45.1 Å². The maximum absolute atomic E-state index is 12.1. The fourth-order valence-electron chi connectivity index (χ4n) is 2.86. The number of halogens is 1. The number of fused-ring (bicyclic) bond motifs is 1. The summed E-state index contributed by atoms with van der Waals surface area (Å²) in [6.45, 7) is 6.99. The predicted molar refractivity (Wildman–Crippen MR) is 87.8 cm³/mol. The Bertz CT molecular complexity index is 714. The Balaban J connectivity index is 1.69. The zero-order valence-electron chi connectivity index (χ0n) is 13.6. The summed E-state index contributed by atoms with van der Waals surface area (Å²) in [5.74, 6) is 1.28. The number of ether oxygens (including phenoxy) is 1. The Morgan fingerprint density at radius 1 is 1.30 bits per heavy atom. The molecule has 124 valence electrons. The van der Waals surface area contributed by atoms with Crippen LogP contribution in [0.4, 0.5) is 4.79 Å². The quantitative estimate of drug-likeness (QED) is 0.799. The Morgan fingerprint density at radius 2 is 2.00 bits per heavy atom. The minimum absolute atomic E-state index is 0.240. The number of carbonyl (C=O) groups is 1. The molecule has 0 unspecified atom stereocenters. The molecule has 0 spiro atoms. The summed E-state index contributed by atoms with van der Waals surface area (Å²) in [7, 11) is 0. The molecule has 2 aromatic rings. The fourth-order valence-corrected chi connectivity index (χ4v) is 3.06. The van der Waals surface area contributed by atoms with Gasteiger partial charge < -0.3 is 9.64 Å². The second-order valence-corrected chi connectivity index (χ2v) is 7.19. The average Bonchev–Trinajstić information content (AvgIpc) is 2.91. The molecule has 1 fully saturated rings. The van der Waals surface area contributed by atoms with Crippen LogP contribution in [0, 0.1) is 0 Å². The monoisotopic (exact) mass is 336 g/mol. The normalized spacial score (nSPS) is 16.8. The second kappa shape index (κ2) is 6.00. The molecule has 0 bridgehead atoms. The number of nitrogens with zero attached hydrogens (tertiary/aromatic N) is 4. The van der Waals surface area contributed by atoms with Gasteiger partial charge >= 0.3 is 6.09 Å². The number of piperidine rings is 1. The number of amides is 1. The van der Waals surface area contributed by atoms with E-state index in [1.54, 1.807) is 17.3 Å². The van der Waals surface area contributed by atoms with Gasteiger partial charge in [-0.05, 0) is 33.6 Å².